The molecule has 0 aliphatic heterocycles. The lowest BCUT2D eigenvalue weighted by molar-refractivity contribution is -0.136. The molecule has 0 spiro atoms. The Labute approximate surface area is 132 Å². The zero-order chi connectivity index (χ0) is 17.3. The summed E-state index contributed by atoms with van der Waals surface area (Å²) in [4.78, 5) is 22.9. The van der Waals surface area contributed by atoms with Gasteiger partial charge in [-0.3, -0.25) is 9.59 Å². The SMILES string of the molecule is CC(C)(C)c1cc(C(=O)CCC(=O)O)cc(C(C)(C)C)c1O. The van der Waals surface area contributed by atoms with E-state index in [0.717, 1.165) is 0 Å². The van der Waals surface area contributed by atoms with Gasteiger partial charge in [0, 0.05) is 23.1 Å². The number of rotatable bonds is 4. The molecule has 122 valence electrons. The lowest BCUT2D eigenvalue weighted by Crippen LogP contribution is -2.19. The summed E-state index contributed by atoms with van der Waals surface area (Å²) < 4.78 is 0. The van der Waals surface area contributed by atoms with Crippen LogP contribution in [-0.2, 0) is 15.6 Å². The highest BCUT2D eigenvalue weighted by atomic mass is 16.4. The van der Waals surface area contributed by atoms with Crippen LogP contribution >= 0.6 is 0 Å². The number of phenols is 1. The van der Waals surface area contributed by atoms with E-state index >= 15 is 0 Å². The monoisotopic (exact) mass is 306 g/mol. The van der Waals surface area contributed by atoms with Crippen molar-refractivity contribution >= 4 is 11.8 Å². The van der Waals surface area contributed by atoms with Crippen LogP contribution in [0.2, 0.25) is 0 Å². The molecule has 0 aliphatic rings. The van der Waals surface area contributed by atoms with Crippen LogP contribution in [-0.4, -0.2) is 22.0 Å². The van der Waals surface area contributed by atoms with Crippen molar-refractivity contribution in [2.24, 2.45) is 0 Å². The highest BCUT2D eigenvalue weighted by Crippen LogP contribution is 2.39. The third kappa shape index (κ3) is 4.33. The maximum absolute atomic E-state index is 12.3. The summed E-state index contributed by atoms with van der Waals surface area (Å²) in [7, 11) is 0. The number of hydrogen-bond donors (Lipinski definition) is 2. The molecule has 1 rings (SSSR count). The van der Waals surface area contributed by atoms with Crippen LogP contribution in [0.4, 0.5) is 0 Å². The first-order valence-corrected chi connectivity index (χ1v) is 7.47. The summed E-state index contributed by atoms with van der Waals surface area (Å²) in [6, 6.07) is 3.38. The molecule has 4 nitrogen and oxygen atoms in total. The summed E-state index contributed by atoms with van der Waals surface area (Å²) in [6.45, 7) is 11.8. The third-order valence-electron chi connectivity index (χ3n) is 3.61. The van der Waals surface area contributed by atoms with Crippen LogP contribution in [0.3, 0.4) is 0 Å². The number of aromatic hydroxyl groups is 1. The quantitative estimate of drug-likeness (QED) is 0.823. The minimum Gasteiger partial charge on any atom is -0.507 e. The van der Waals surface area contributed by atoms with Crippen LogP contribution in [0.15, 0.2) is 12.1 Å². The molecule has 0 saturated carbocycles. The van der Waals surface area contributed by atoms with Gasteiger partial charge in [0.1, 0.15) is 5.75 Å². The van der Waals surface area contributed by atoms with E-state index in [2.05, 4.69) is 0 Å². The van der Waals surface area contributed by atoms with Crippen LogP contribution < -0.4 is 0 Å². The molecular weight excluding hydrogens is 280 g/mol. The van der Waals surface area contributed by atoms with Crippen molar-refractivity contribution in [3.05, 3.63) is 28.8 Å². The van der Waals surface area contributed by atoms with Gasteiger partial charge in [0.05, 0.1) is 6.42 Å². The lowest BCUT2D eigenvalue weighted by atomic mass is 9.78. The molecule has 0 atom stereocenters. The number of ketones is 1. The van der Waals surface area contributed by atoms with Crippen molar-refractivity contribution in [1.29, 1.82) is 0 Å². The molecule has 0 bridgehead atoms. The Morgan fingerprint density at radius 3 is 1.64 bits per heavy atom. The predicted molar refractivity (Wildman–Crippen MR) is 86.7 cm³/mol. The number of carbonyl (C=O) groups excluding carboxylic acids is 1. The summed E-state index contributed by atoms with van der Waals surface area (Å²) in [6.07, 6.45) is -0.220. The van der Waals surface area contributed by atoms with Crippen molar-refractivity contribution in [1.82, 2.24) is 0 Å². The number of carboxylic acid groups (broad SMARTS) is 1. The zero-order valence-electron chi connectivity index (χ0n) is 14.3. The maximum atomic E-state index is 12.3. The molecule has 0 aromatic heterocycles. The highest BCUT2D eigenvalue weighted by molar-refractivity contribution is 5.98. The fourth-order valence-corrected chi connectivity index (χ4v) is 2.30. The van der Waals surface area contributed by atoms with E-state index in [1.165, 1.54) is 0 Å². The van der Waals surface area contributed by atoms with E-state index in [4.69, 9.17) is 5.11 Å². The second kappa shape index (κ2) is 6.11. The number of benzene rings is 1. The first kappa shape index (κ1) is 18.2. The van der Waals surface area contributed by atoms with Crippen molar-refractivity contribution in [3.8, 4) is 5.75 Å². The van der Waals surface area contributed by atoms with Gasteiger partial charge in [0.15, 0.2) is 5.78 Å². The second-order valence-electron chi connectivity index (χ2n) is 7.74. The van der Waals surface area contributed by atoms with Crippen LogP contribution in [0.5, 0.6) is 5.75 Å². The van der Waals surface area contributed by atoms with Gasteiger partial charge in [0.2, 0.25) is 0 Å². The Morgan fingerprint density at radius 1 is 0.909 bits per heavy atom. The minimum absolute atomic E-state index is 0.0345. The lowest BCUT2D eigenvalue weighted by Gasteiger charge is -2.28. The average molecular weight is 306 g/mol. The van der Waals surface area contributed by atoms with E-state index in [1.807, 2.05) is 41.5 Å². The molecule has 0 radical (unpaired) electrons. The Morgan fingerprint density at radius 2 is 1.32 bits per heavy atom. The van der Waals surface area contributed by atoms with Gasteiger partial charge in [0.25, 0.3) is 0 Å². The van der Waals surface area contributed by atoms with Gasteiger partial charge < -0.3 is 10.2 Å². The molecule has 0 amide bonds. The van der Waals surface area contributed by atoms with Gasteiger partial charge in [-0.15, -0.1) is 0 Å². The summed E-state index contributed by atoms with van der Waals surface area (Å²) in [5.74, 6) is -0.979. The van der Waals surface area contributed by atoms with E-state index < -0.39 is 5.97 Å². The molecule has 0 saturated heterocycles. The smallest absolute Gasteiger partial charge is 0.303 e. The summed E-state index contributed by atoms with van der Waals surface area (Å²) >= 11 is 0. The number of Topliss-reactive ketones (excluding diaryl/α,β-unsaturated/α-hetero) is 1. The van der Waals surface area contributed by atoms with Crippen molar-refractivity contribution < 1.29 is 19.8 Å². The third-order valence-corrected chi connectivity index (χ3v) is 3.61. The number of hydrogen-bond acceptors (Lipinski definition) is 3. The number of aliphatic carboxylic acids is 1. The Bertz CT molecular complexity index is 551. The fraction of sp³-hybridized carbons (Fsp3) is 0.556. The average Bonchev–Trinajstić information content (AvgIpc) is 2.33. The van der Waals surface area contributed by atoms with Gasteiger partial charge in [-0.25, -0.2) is 0 Å². The normalized spacial score (nSPS) is 12.3. The molecule has 0 heterocycles. The van der Waals surface area contributed by atoms with Crippen molar-refractivity contribution in [2.75, 3.05) is 0 Å². The van der Waals surface area contributed by atoms with Crippen LogP contribution in [0, 0.1) is 0 Å². The molecule has 0 unspecified atom stereocenters. The van der Waals surface area contributed by atoms with Crippen molar-refractivity contribution in [3.63, 3.8) is 0 Å². The van der Waals surface area contributed by atoms with Gasteiger partial charge in [-0.05, 0) is 23.0 Å². The largest absolute Gasteiger partial charge is 0.507 e. The Hall–Kier alpha value is -1.84. The van der Waals surface area contributed by atoms with Gasteiger partial charge >= 0.3 is 5.97 Å². The van der Waals surface area contributed by atoms with Gasteiger partial charge in [-0.2, -0.15) is 0 Å². The summed E-state index contributed by atoms with van der Waals surface area (Å²) in [5.41, 5.74) is 1.26. The first-order chi connectivity index (χ1) is 9.84. The number of carbonyl (C=O) groups is 2. The topological polar surface area (TPSA) is 74.6 Å². The molecule has 4 heteroatoms. The standard InChI is InChI=1S/C18H26O4/c1-17(2,3)12-9-11(14(19)7-8-15(20)21)10-13(16(12)22)18(4,5)6/h9-10,22H,7-8H2,1-6H3,(H,20,21). The number of phenolic OH excluding ortho intramolecular Hbond substituents is 1. The van der Waals surface area contributed by atoms with Gasteiger partial charge in [-0.1, -0.05) is 41.5 Å². The Kier molecular flexibility index (Phi) is 5.06. The van der Waals surface area contributed by atoms with E-state index in [-0.39, 0.29) is 35.2 Å². The summed E-state index contributed by atoms with van der Waals surface area (Å²) in [5, 5.41) is 19.3. The number of carboxylic acids is 1. The van der Waals surface area contributed by atoms with E-state index in [0.29, 0.717) is 16.7 Å². The highest BCUT2D eigenvalue weighted by Gasteiger charge is 2.27. The predicted octanol–water partition coefficient (Wildman–Crippen LogP) is 4.03. The zero-order valence-corrected chi connectivity index (χ0v) is 14.3. The molecule has 0 fully saturated rings. The second-order valence-corrected chi connectivity index (χ2v) is 7.74. The molecular formula is C18H26O4. The molecule has 0 aliphatic carbocycles. The molecule has 22 heavy (non-hydrogen) atoms. The first-order valence-electron chi connectivity index (χ1n) is 7.47. The van der Waals surface area contributed by atoms with Crippen LogP contribution in [0.25, 0.3) is 0 Å². The molecule has 2 N–H and O–H groups in total. The molecule has 1 aromatic carbocycles. The van der Waals surface area contributed by atoms with E-state index in [9.17, 15) is 14.7 Å². The fourth-order valence-electron chi connectivity index (χ4n) is 2.30. The Balaban J connectivity index is 3.41. The van der Waals surface area contributed by atoms with Crippen LogP contribution in [0.1, 0.15) is 75.9 Å². The van der Waals surface area contributed by atoms with Crippen molar-refractivity contribution in [2.45, 2.75) is 65.2 Å². The minimum atomic E-state index is -0.987. The van der Waals surface area contributed by atoms with E-state index in [1.54, 1.807) is 12.1 Å². The maximum Gasteiger partial charge on any atom is 0.303 e. The molecule has 1 aromatic rings.